The standard InChI is InChI=1S/C23H36N4O6/c1-15(2)21(27-19(29)14-26-22(31)18(24)12-20(30)33-3)23(32)25-13-17(28)11-7-10-16-8-5-4-6-9-16/h5,8-9,15,18,21H,4,6-7,10-14,24H2,1-3H3,(H,25,32)(H,26,31)(H,27,29)/t18-,21?/m0/s1. The van der Waals surface area contributed by atoms with Crippen molar-refractivity contribution in [1.29, 1.82) is 0 Å². The maximum atomic E-state index is 12.5. The third-order valence-corrected chi connectivity index (χ3v) is 5.09. The summed E-state index contributed by atoms with van der Waals surface area (Å²) in [6.45, 7) is 2.99. The second kappa shape index (κ2) is 14.9. The van der Waals surface area contributed by atoms with Crippen molar-refractivity contribution in [2.24, 2.45) is 11.7 Å². The lowest BCUT2D eigenvalue weighted by atomic mass is 10.0. The lowest BCUT2D eigenvalue weighted by Gasteiger charge is -2.22. The Hall–Kier alpha value is -3.01. The molecule has 1 rings (SSSR count). The highest BCUT2D eigenvalue weighted by atomic mass is 16.5. The topological polar surface area (TPSA) is 157 Å². The summed E-state index contributed by atoms with van der Waals surface area (Å²) in [5.74, 6) is -2.72. The fourth-order valence-corrected chi connectivity index (χ4v) is 3.14. The van der Waals surface area contributed by atoms with Crippen molar-refractivity contribution in [3.8, 4) is 0 Å². The Labute approximate surface area is 194 Å². The summed E-state index contributed by atoms with van der Waals surface area (Å²) >= 11 is 0. The number of hydrogen-bond acceptors (Lipinski definition) is 7. The molecule has 0 radical (unpaired) electrons. The summed E-state index contributed by atoms with van der Waals surface area (Å²) in [6.07, 6.45) is 10.1. The fourth-order valence-electron chi connectivity index (χ4n) is 3.14. The summed E-state index contributed by atoms with van der Waals surface area (Å²) in [5, 5.41) is 7.44. The second-order valence-electron chi connectivity index (χ2n) is 8.26. The van der Waals surface area contributed by atoms with Gasteiger partial charge in [-0.2, -0.15) is 0 Å². The zero-order valence-corrected chi connectivity index (χ0v) is 19.6. The summed E-state index contributed by atoms with van der Waals surface area (Å²) in [4.78, 5) is 59.8. The zero-order valence-electron chi connectivity index (χ0n) is 19.6. The molecule has 1 unspecified atom stereocenters. The molecule has 5 N–H and O–H groups in total. The summed E-state index contributed by atoms with van der Waals surface area (Å²) in [5.41, 5.74) is 6.81. The first-order chi connectivity index (χ1) is 15.6. The number of ether oxygens (including phenoxy) is 1. The molecule has 10 nitrogen and oxygen atoms in total. The monoisotopic (exact) mass is 464 g/mol. The first-order valence-corrected chi connectivity index (χ1v) is 11.2. The van der Waals surface area contributed by atoms with Crippen LogP contribution in [0.1, 0.15) is 52.4 Å². The van der Waals surface area contributed by atoms with E-state index in [1.54, 1.807) is 13.8 Å². The molecule has 0 bridgehead atoms. The lowest BCUT2D eigenvalue weighted by molar-refractivity contribution is -0.142. The third kappa shape index (κ3) is 11.4. The molecule has 33 heavy (non-hydrogen) atoms. The molecule has 0 aromatic rings. The molecule has 184 valence electrons. The molecule has 0 fully saturated rings. The van der Waals surface area contributed by atoms with Crippen molar-refractivity contribution in [2.45, 2.75) is 64.5 Å². The minimum Gasteiger partial charge on any atom is -0.469 e. The van der Waals surface area contributed by atoms with Gasteiger partial charge in [0.1, 0.15) is 6.04 Å². The Balaban J connectivity index is 2.38. The van der Waals surface area contributed by atoms with Crippen LogP contribution >= 0.6 is 0 Å². The minimum atomic E-state index is -1.15. The average Bonchev–Trinajstić information content (AvgIpc) is 2.79. The van der Waals surface area contributed by atoms with Crippen LogP contribution in [0.5, 0.6) is 0 Å². The summed E-state index contributed by atoms with van der Waals surface area (Å²) in [6, 6.07) is -2.02. The SMILES string of the molecule is COC(=O)C[C@H](N)C(=O)NCC(=O)NC(C(=O)NCC(=O)CCCC1=CCCC=C1)C(C)C. The van der Waals surface area contributed by atoms with Crippen LogP contribution in [0.25, 0.3) is 0 Å². The highest BCUT2D eigenvalue weighted by Gasteiger charge is 2.25. The number of rotatable bonds is 14. The van der Waals surface area contributed by atoms with E-state index in [0.717, 1.165) is 19.3 Å². The number of nitrogens with two attached hydrogens (primary N) is 1. The van der Waals surface area contributed by atoms with Crippen LogP contribution in [0.3, 0.4) is 0 Å². The number of amides is 3. The van der Waals surface area contributed by atoms with Gasteiger partial charge in [-0.15, -0.1) is 0 Å². The van der Waals surface area contributed by atoms with Crippen molar-refractivity contribution in [3.63, 3.8) is 0 Å². The van der Waals surface area contributed by atoms with Gasteiger partial charge in [-0.05, 0) is 31.6 Å². The number of carbonyl (C=O) groups excluding carboxylic acids is 5. The molecule has 0 aromatic carbocycles. The summed E-state index contributed by atoms with van der Waals surface area (Å²) in [7, 11) is 1.18. The molecule has 2 atom stereocenters. The molecule has 1 aliphatic carbocycles. The van der Waals surface area contributed by atoms with Gasteiger partial charge in [0, 0.05) is 6.42 Å². The summed E-state index contributed by atoms with van der Waals surface area (Å²) < 4.78 is 4.44. The molecule has 0 saturated heterocycles. The Morgan fingerprint density at radius 1 is 1.06 bits per heavy atom. The normalized spacial score (nSPS) is 14.6. The molecule has 0 saturated carbocycles. The van der Waals surface area contributed by atoms with E-state index in [0.29, 0.717) is 12.8 Å². The van der Waals surface area contributed by atoms with Crippen LogP contribution in [0.4, 0.5) is 0 Å². The molecule has 0 aliphatic heterocycles. The van der Waals surface area contributed by atoms with Crippen molar-refractivity contribution in [2.75, 3.05) is 20.2 Å². The van der Waals surface area contributed by atoms with Crippen molar-refractivity contribution < 1.29 is 28.7 Å². The lowest BCUT2D eigenvalue weighted by Crippen LogP contribution is -2.53. The maximum absolute atomic E-state index is 12.5. The number of allylic oxidation sites excluding steroid dienone is 4. The molecule has 0 spiro atoms. The zero-order chi connectivity index (χ0) is 24.8. The second-order valence-corrected chi connectivity index (χ2v) is 8.26. The number of carbonyl (C=O) groups is 5. The van der Waals surface area contributed by atoms with Gasteiger partial charge in [0.2, 0.25) is 17.7 Å². The Morgan fingerprint density at radius 2 is 1.76 bits per heavy atom. The first-order valence-electron chi connectivity index (χ1n) is 11.2. The predicted molar refractivity (Wildman–Crippen MR) is 123 cm³/mol. The van der Waals surface area contributed by atoms with Crippen LogP contribution in [0, 0.1) is 5.92 Å². The highest BCUT2D eigenvalue weighted by Crippen LogP contribution is 2.15. The smallest absolute Gasteiger partial charge is 0.307 e. The predicted octanol–water partition coefficient (Wildman–Crippen LogP) is 0.266. The Kier molecular flexibility index (Phi) is 12.7. The van der Waals surface area contributed by atoms with E-state index < -0.39 is 42.3 Å². The van der Waals surface area contributed by atoms with Gasteiger partial charge in [-0.25, -0.2) is 0 Å². The molecule has 1 aliphatic rings. The highest BCUT2D eigenvalue weighted by molar-refractivity contribution is 5.93. The van der Waals surface area contributed by atoms with E-state index in [1.165, 1.54) is 12.7 Å². The van der Waals surface area contributed by atoms with Crippen LogP contribution in [0.2, 0.25) is 0 Å². The van der Waals surface area contributed by atoms with E-state index in [9.17, 15) is 24.0 Å². The first kappa shape index (κ1) is 28.0. The van der Waals surface area contributed by atoms with Crippen molar-refractivity contribution in [3.05, 3.63) is 23.8 Å². The van der Waals surface area contributed by atoms with E-state index in [-0.39, 0.29) is 24.7 Å². The molecule has 10 heteroatoms. The number of hydrogen-bond donors (Lipinski definition) is 4. The van der Waals surface area contributed by atoms with E-state index >= 15 is 0 Å². The average molecular weight is 465 g/mol. The van der Waals surface area contributed by atoms with Crippen molar-refractivity contribution >= 4 is 29.5 Å². The maximum Gasteiger partial charge on any atom is 0.307 e. The van der Waals surface area contributed by atoms with Gasteiger partial charge in [-0.3, -0.25) is 24.0 Å². The Morgan fingerprint density at radius 3 is 2.36 bits per heavy atom. The quantitative estimate of drug-likeness (QED) is 0.269. The molecule has 0 heterocycles. The van der Waals surface area contributed by atoms with Crippen LogP contribution < -0.4 is 21.7 Å². The third-order valence-electron chi connectivity index (χ3n) is 5.09. The van der Waals surface area contributed by atoms with Crippen LogP contribution in [-0.4, -0.2) is 61.8 Å². The van der Waals surface area contributed by atoms with E-state index in [2.05, 4.69) is 38.9 Å². The van der Waals surface area contributed by atoms with Crippen LogP contribution in [-0.2, 0) is 28.7 Å². The molecular weight excluding hydrogens is 428 g/mol. The van der Waals surface area contributed by atoms with Crippen LogP contribution in [0.15, 0.2) is 23.8 Å². The van der Waals surface area contributed by atoms with Gasteiger partial charge in [-0.1, -0.05) is 37.6 Å². The van der Waals surface area contributed by atoms with Gasteiger partial charge >= 0.3 is 5.97 Å². The largest absolute Gasteiger partial charge is 0.469 e. The van der Waals surface area contributed by atoms with Crippen molar-refractivity contribution in [1.82, 2.24) is 16.0 Å². The Bertz CT molecular complexity index is 775. The fraction of sp³-hybridized carbons (Fsp3) is 0.609. The molecular formula is C23H36N4O6. The molecule has 3 amide bonds. The molecule has 0 aromatic heterocycles. The number of ketones is 1. The van der Waals surface area contributed by atoms with Gasteiger partial charge in [0.05, 0.1) is 32.7 Å². The van der Waals surface area contributed by atoms with E-state index in [4.69, 9.17) is 5.73 Å². The minimum absolute atomic E-state index is 0.0792. The van der Waals surface area contributed by atoms with E-state index in [1.807, 2.05) is 0 Å². The van der Waals surface area contributed by atoms with Gasteiger partial charge in [0.15, 0.2) is 5.78 Å². The number of methoxy groups -OCH3 is 1. The van der Waals surface area contributed by atoms with Gasteiger partial charge < -0.3 is 26.4 Å². The number of esters is 1. The number of Topliss-reactive ketones (excluding diaryl/α,β-unsaturated/α-hetero) is 1. The van der Waals surface area contributed by atoms with Gasteiger partial charge in [0.25, 0.3) is 0 Å². The number of nitrogens with one attached hydrogen (secondary N) is 3.